The van der Waals surface area contributed by atoms with Crippen LogP contribution in [0.4, 0.5) is 5.69 Å². The molecule has 1 amide bonds. The van der Waals surface area contributed by atoms with Gasteiger partial charge in [-0.2, -0.15) is 0 Å². The first-order chi connectivity index (χ1) is 18.1. The minimum Gasteiger partial charge on any atom is -0.457 e. The topological polar surface area (TPSA) is 116 Å². The van der Waals surface area contributed by atoms with Crippen molar-refractivity contribution in [3.05, 3.63) is 101 Å². The number of amides is 1. The van der Waals surface area contributed by atoms with E-state index in [4.69, 9.17) is 9.47 Å². The molecule has 0 heterocycles. The van der Waals surface area contributed by atoms with E-state index < -0.39 is 30.6 Å². The zero-order valence-electron chi connectivity index (χ0n) is 21.5. The van der Waals surface area contributed by atoms with Gasteiger partial charge in [0.15, 0.2) is 18.5 Å². The van der Waals surface area contributed by atoms with Crippen LogP contribution < -0.4 is 5.32 Å². The van der Waals surface area contributed by atoms with Gasteiger partial charge < -0.3 is 14.8 Å². The predicted octanol–water partition coefficient (Wildman–Crippen LogP) is 4.88. The van der Waals surface area contributed by atoms with E-state index in [1.54, 1.807) is 42.5 Å². The second-order valence-electron chi connectivity index (χ2n) is 8.79. The standard InChI is InChI=1S/C30H29NO7/c1-19-9-10-24(17-20(19)2)26(32)18-37-28(34)16-15-27(33)31-25-13-11-23(12-14-25)30(36)38-21(3)29(35)22-7-5-4-6-8-22/h4-14,17,21H,15-16,18H2,1-3H3,(H,31,33)/t21-/m1/s1. The predicted molar refractivity (Wildman–Crippen MR) is 141 cm³/mol. The number of carbonyl (C=O) groups excluding carboxylic acids is 5. The largest absolute Gasteiger partial charge is 0.457 e. The van der Waals surface area contributed by atoms with Crippen LogP contribution in [0.25, 0.3) is 0 Å². The van der Waals surface area contributed by atoms with Gasteiger partial charge in [0.05, 0.1) is 12.0 Å². The molecular formula is C30H29NO7. The van der Waals surface area contributed by atoms with Crippen molar-refractivity contribution in [2.75, 3.05) is 11.9 Å². The Labute approximate surface area is 221 Å². The Hall–Kier alpha value is -4.59. The maximum absolute atomic E-state index is 12.4. The number of ether oxygens (including phenoxy) is 2. The fourth-order valence-corrected chi connectivity index (χ4v) is 3.46. The van der Waals surface area contributed by atoms with Gasteiger partial charge in [0.25, 0.3) is 0 Å². The summed E-state index contributed by atoms with van der Waals surface area (Å²) in [5, 5.41) is 2.63. The van der Waals surface area contributed by atoms with E-state index in [0.29, 0.717) is 16.8 Å². The summed E-state index contributed by atoms with van der Waals surface area (Å²) >= 11 is 0. The highest BCUT2D eigenvalue weighted by Crippen LogP contribution is 2.14. The molecule has 0 bridgehead atoms. The first kappa shape index (κ1) is 28.0. The Morgan fingerprint density at radius 3 is 2.08 bits per heavy atom. The van der Waals surface area contributed by atoms with E-state index in [9.17, 15) is 24.0 Å². The first-order valence-corrected chi connectivity index (χ1v) is 12.1. The third-order valence-electron chi connectivity index (χ3n) is 5.87. The van der Waals surface area contributed by atoms with Crippen molar-refractivity contribution in [2.24, 2.45) is 0 Å². The normalized spacial score (nSPS) is 11.2. The third kappa shape index (κ3) is 7.96. The molecule has 0 saturated carbocycles. The van der Waals surface area contributed by atoms with Crippen LogP contribution in [0.2, 0.25) is 0 Å². The summed E-state index contributed by atoms with van der Waals surface area (Å²) in [4.78, 5) is 61.2. The first-order valence-electron chi connectivity index (χ1n) is 12.1. The lowest BCUT2D eigenvalue weighted by molar-refractivity contribution is -0.143. The van der Waals surface area contributed by atoms with Gasteiger partial charge in [0, 0.05) is 23.2 Å². The molecule has 3 aromatic rings. The van der Waals surface area contributed by atoms with Crippen LogP contribution in [0.15, 0.2) is 72.8 Å². The van der Waals surface area contributed by atoms with Gasteiger partial charge in [0.2, 0.25) is 11.7 Å². The van der Waals surface area contributed by atoms with Crippen LogP contribution in [0.5, 0.6) is 0 Å². The van der Waals surface area contributed by atoms with Crippen molar-refractivity contribution in [2.45, 2.75) is 39.7 Å². The Bertz CT molecular complexity index is 1330. The number of benzene rings is 3. The van der Waals surface area contributed by atoms with Crippen LogP contribution in [-0.4, -0.2) is 42.1 Å². The molecule has 0 aromatic heterocycles. The molecule has 3 rings (SSSR count). The number of carbonyl (C=O) groups is 5. The molecule has 0 unspecified atom stereocenters. The highest BCUT2D eigenvalue weighted by atomic mass is 16.5. The van der Waals surface area contributed by atoms with Gasteiger partial charge in [-0.05, 0) is 62.2 Å². The molecule has 8 heteroatoms. The molecule has 0 aliphatic rings. The molecule has 38 heavy (non-hydrogen) atoms. The number of rotatable bonds is 11. The number of hydrogen-bond donors (Lipinski definition) is 1. The van der Waals surface area contributed by atoms with E-state index in [1.807, 2.05) is 19.9 Å². The second kappa shape index (κ2) is 13.1. The molecule has 196 valence electrons. The monoisotopic (exact) mass is 515 g/mol. The lowest BCUT2D eigenvalue weighted by Crippen LogP contribution is -2.24. The SMILES string of the molecule is Cc1ccc(C(=O)COC(=O)CCC(=O)Nc2ccc(C(=O)O[C@H](C)C(=O)c3ccccc3)cc2)cc1C. The number of Topliss-reactive ketones (excluding diaryl/α,β-unsaturated/α-hetero) is 2. The Morgan fingerprint density at radius 1 is 0.763 bits per heavy atom. The summed E-state index contributed by atoms with van der Waals surface area (Å²) in [6, 6.07) is 19.7. The minimum atomic E-state index is -0.958. The van der Waals surface area contributed by atoms with E-state index in [-0.39, 0.29) is 30.0 Å². The van der Waals surface area contributed by atoms with Gasteiger partial charge in [-0.3, -0.25) is 19.2 Å². The lowest BCUT2D eigenvalue weighted by atomic mass is 10.0. The quantitative estimate of drug-likeness (QED) is 0.286. The molecule has 0 fully saturated rings. The number of ketones is 2. The minimum absolute atomic E-state index is 0.139. The summed E-state index contributed by atoms with van der Waals surface area (Å²) < 4.78 is 10.3. The summed E-state index contributed by atoms with van der Waals surface area (Å²) in [5.74, 6) is -2.38. The van der Waals surface area contributed by atoms with Crippen molar-refractivity contribution >= 4 is 35.1 Å². The van der Waals surface area contributed by atoms with E-state index in [1.165, 1.54) is 31.2 Å². The molecule has 3 aromatic carbocycles. The average Bonchev–Trinajstić information content (AvgIpc) is 2.92. The smallest absolute Gasteiger partial charge is 0.338 e. The number of hydrogen-bond acceptors (Lipinski definition) is 7. The second-order valence-corrected chi connectivity index (χ2v) is 8.79. The number of esters is 2. The van der Waals surface area contributed by atoms with Crippen molar-refractivity contribution in [1.29, 1.82) is 0 Å². The summed E-state index contributed by atoms with van der Waals surface area (Å²) in [5.41, 5.74) is 3.57. The molecule has 1 N–H and O–H groups in total. The Kier molecular flexibility index (Phi) is 9.65. The van der Waals surface area contributed by atoms with Crippen LogP contribution >= 0.6 is 0 Å². The Morgan fingerprint density at radius 2 is 1.42 bits per heavy atom. The maximum Gasteiger partial charge on any atom is 0.338 e. The van der Waals surface area contributed by atoms with Crippen molar-refractivity contribution in [1.82, 2.24) is 0 Å². The van der Waals surface area contributed by atoms with Gasteiger partial charge in [-0.1, -0.05) is 42.5 Å². The van der Waals surface area contributed by atoms with Crippen molar-refractivity contribution in [3.63, 3.8) is 0 Å². The maximum atomic E-state index is 12.4. The number of aryl methyl sites for hydroxylation is 2. The van der Waals surface area contributed by atoms with Gasteiger partial charge in [-0.25, -0.2) is 4.79 Å². The van der Waals surface area contributed by atoms with Crippen LogP contribution in [-0.2, 0) is 19.1 Å². The average molecular weight is 516 g/mol. The van der Waals surface area contributed by atoms with E-state index >= 15 is 0 Å². The van der Waals surface area contributed by atoms with E-state index in [0.717, 1.165) is 11.1 Å². The van der Waals surface area contributed by atoms with Gasteiger partial charge in [0.1, 0.15) is 0 Å². The van der Waals surface area contributed by atoms with Gasteiger partial charge in [-0.15, -0.1) is 0 Å². The molecule has 8 nitrogen and oxygen atoms in total. The Balaban J connectivity index is 1.41. The van der Waals surface area contributed by atoms with E-state index in [2.05, 4.69) is 5.32 Å². The zero-order chi connectivity index (χ0) is 27.7. The highest BCUT2D eigenvalue weighted by Gasteiger charge is 2.20. The van der Waals surface area contributed by atoms with Crippen molar-refractivity contribution < 1.29 is 33.4 Å². The summed E-state index contributed by atoms with van der Waals surface area (Å²) in [6.45, 7) is 4.95. The fourth-order valence-electron chi connectivity index (χ4n) is 3.46. The molecule has 1 atom stereocenters. The molecule has 0 aliphatic carbocycles. The molecule has 0 saturated heterocycles. The molecule has 0 aliphatic heterocycles. The number of anilines is 1. The molecule has 0 radical (unpaired) electrons. The molecule has 0 spiro atoms. The van der Waals surface area contributed by atoms with Crippen LogP contribution in [0, 0.1) is 13.8 Å². The van der Waals surface area contributed by atoms with Gasteiger partial charge >= 0.3 is 11.9 Å². The molecular weight excluding hydrogens is 486 g/mol. The third-order valence-corrected chi connectivity index (χ3v) is 5.87. The number of nitrogens with one attached hydrogen (secondary N) is 1. The van der Waals surface area contributed by atoms with Crippen molar-refractivity contribution in [3.8, 4) is 0 Å². The fraction of sp³-hybridized carbons (Fsp3) is 0.233. The van der Waals surface area contributed by atoms with Crippen LogP contribution in [0.1, 0.15) is 62.0 Å². The highest BCUT2D eigenvalue weighted by molar-refractivity contribution is 6.01. The van der Waals surface area contributed by atoms with Crippen LogP contribution in [0.3, 0.4) is 0 Å². The zero-order valence-corrected chi connectivity index (χ0v) is 21.5. The summed E-state index contributed by atoms with van der Waals surface area (Å²) in [6.07, 6.45) is -1.29. The summed E-state index contributed by atoms with van der Waals surface area (Å²) in [7, 11) is 0. The lowest BCUT2D eigenvalue weighted by Gasteiger charge is -2.12.